The molecule has 6 nitrogen and oxygen atoms in total. The Morgan fingerprint density at radius 3 is 1.76 bits per heavy atom. The van der Waals surface area contributed by atoms with E-state index in [2.05, 4.69) is 82.7 Å². The third-order valence-electron chi connectivity index (χ3n) is 5.87. The molecule has 6 heteroatoms. The minimum atomic E-state index is 0.105. The van der Waals surface area contributed by atoms with E-state index in [0.717, 1.165) is 35.5 Å². The molecule has 3 rings (SSSR count). The lowest BCUT2D eigenvalue weighted by Crippen LogP contribution is -2.19. The second-order valence-electron chi connectivity index (χ2n) is 10.1. The van der Waals surface area contributed by atoms with Gasteiger partial charge >= 0.3 is 6.15 Å². The average molecular weight is 578 g/mol. The Labute approximate surface area is 255 Å². The quantitative estimate of drug-likeness (QED) is 0.156. The summed E-state index contributed by atoms with van der Waals surface area (Å²) in [7, 11) is 2.17. The molecule has 0 aliphatic carbocycles. The number of Topliss-reactive ketones (excluding diaryl/α,β-unsaturated/α-hetero) is 1. The molecule has 0 bridgehead atoms. The number of benzene rings is 3. The van der Waals surface area contributed by atoms with Gasteiger partial charge in [-0.3, -0.25) is 9.79 Å². The van der Waals surface area contributed by atoms with E-state index >= 15 is 0 Å². The van der Waals surface area contributed by atoms with Crippen LogP contribution >= 0.6 is 0 Å². The number of aliphatic imine (C=N–C) groups is 1. The summed E-state index contributed by atoms with van der Waals surface area (Å²) in [4.78, 5) is 34.4. The maximum atomic E-state index is 11.2. The highest BCUT2D eigenvalue weighted by molar-refractivity contribution is 6.03. The predicted molar refractivity (Wildman–Crippen MR) is 181 cm³/mol. The van der Waals surface area contributed by atoms with Crippen LogP contribution in [0.25, 0.3) is 10.8 Å². The summed E-state index contributed by atoms with van der Waals surface area (Å²) in [6, 6.07) is 20.1. The van der Waals surface area contributed by atoms with Crippen LogP contribution in [0.1, 0.15) is 96.1 Å². The van der Waals surface area contributed by atoms with E-state index in [1.165, 1.54) is 42.3 Å². The Morgan fingerprint density at radius 1 is 0.833 bits per heavy atom. The average Bonchev–Trinajstić information content (AvgIpc) is 2.96. The molecule has 3 aromatic rings. The zero-order valence-corrected chi connectivity index (χ0v) is 27.8. The van der Waals surface area contributed by atoms with Crippen molar-refractivity contribution in [2.45, 2.75) is 81.6 Å². The minimum Gasteiger partial charge on any atom is -0.399 e. The largest absolute Gasteiger partial charge is 0.399 e. The van der Waals surface area contributed by atoms with Crippen LogP contribution in [0, 0.1) is 12.8 Å². The van der Waals surface area contributed by atoms with Crippen molar-refractivity contribution in [1.29, 1.82) is 0 Å². The fraction of sp³-hybridized carbons (Fsp3) is 0.472. The summed E-state index contributed by atoms with van der Waals surface area (Å²) < 4.78 is 0. The molecule has 0 amide bonds. The SMILES string of the molecule is CC.CCCN(C)CCC.CCCN=C(c1ccc(C(C)=O)cc1)C(C)C.Cc1ccc2cc(N)ccc2c1.O=C=O. The van der Waals surface area contributed by atoms with Crippen LogP contribution in [0.3, 0.4) is 0 Å². The molecular formula is C36H55N3O3. The van der Waals surface area contributed by atoms with Crippen molar-refractivity contribution in [3.8, 4) is 0 Å². The summed E-state index contributed by atoms with van der Waals surface area (Å²) >= 11 is 0. The molecule has 0 radical (unpaired) electrons. The third-order valence-corrected chi connectivity index (χ3v) is 5.87. The van der Waals surface area contributed by atoms with E-state index < -0.39 is 0 Å². The van der Waals surface area contributed by atoms with Gasteiger partial charge in [-0.05, 0) is 87.6 Å². The number of anilines is 1. The number of hydrogen-bond donors (Lipinski definition) is 1. The normalized spacial score (nSPS) is 10.1. The molecule has 42 heavy (non-hydrogen) atoms. The van der Waals surface area contributed by atoms with E-state index in [0.29, 0.717) is 5.92 Å². The number of nitrogen functional groups attached to an aromatic ring is 1. The lowest BCUT2D eigenvalue weighted by molar-refractivity contribution is -0.191. The number of ketones is 1. The van der Waals surface area contributed by atoms with Gasteiger partial charge in [-0.25, -0.2) is 0 Å². The molecular weight excluding hydrogens is 522 g/mol. The molecule has 232 valence electrons. The highest BCUT2D eigenvalue weighted by Gasteiger charge is 2.08. The maximum Gasteiger partial charge on any atom is 0.373 e. The zero-order valence-electron chi connectivity index (χ0n) is 27.8. The number of carbonyl (C=O) groups is 1. The molecule has 0 atom stereocenters. The standard InChI is InChI=1S/C15H21NO.C11H11N.C7H17N.C2H6.CO2/c1-5-10-16-15(11(2)3)14-8-6-13(7-9-14)12(4)17;1-8-2-3-10-7-11(12)5-4-9(10)6-8;1-4-6-8(3)7-5-2;1-2;2-1-3/h6-9,11H,5,10H2,1-4H3;2-7H,12H2,1H3;4-7H2,1-3H3;1-2H3;. The first kappa shape index (κ1) is 40.5. The van der Waals surface area contributed by atoms with Gasteiger partial charge in [0.05, 0.1) is 0 Å². The molecule has 0 unspecified atom stereocenters. The molecule has 0 aliphatic rings. The van der Waals surface area contributed by atoms with Crippen molar-refractivity contribution in [1.82, 2.24) is 4.90 Å². The molecule has 0 saturated carbocycles. The van der Waals surface area contributed by atoms with Gasteiger partial charge in [-0.2, -0.15) is 9.59 Å². The Kier molecular flexibility index (Phi) is 24.3. The first-order valence-corrected chi connectivity index (χ1v) is 15.1. The Hall–Kier alpha value is -3.60. The summed E-state index contributed by atoms with van der Waals surface area (Å²) in [5.74, 6) is 0.512. The predicted octanol–water partition coefficient (Wildman–Crippen LogP) is 8.66. The minimum absolute atomic E-state index is 0.105. The third kappa shape index (κ3) is 18.0. The first-order chi connectivity index (χ1) is 20.0. The number of aryl methyl sites for hydroxylation is 1. The molecule has 0 fully saturated rings. The maximum absolute atomic E-state index is 11.2. The van der Waals surface area contributed by atoms with Crippen molar-refractivity contribution < 1.29 is 14.4 Å². The molecule has 0 heterocycles. The van der Waals surface area contributed by atoms with Crippen molar-refractivity contribution in [2.24, 2.45) is 10.9 Å². The number of carbonyl (C=O) groups excluding carboxylic acids is 3. The highest BCUT2D eigenvalue weighted by atomic mass is 16.2. The van der Waals surface area contributed by atoms with Crippen LogP contribution in [0.2, 0.25) is 0 Å². The Bertz CT molecular complexity index is 1150. The van der Waals surface area contributed by atoms with Gasteiger partial charge in [0.25, 0.3) is 0 Å². The van der Waals surface area contributed by atoms with Crippen LogP contribution in [-0.2, 0) is 9.59 Å². The smallest absolute Gasteiger partial charge is 0.373 e. The monoisotopic (exact) mass is 577 g/mol. The fourth-order valence-electron chi connectivity index (χ4n) is 3.97. The van der Waals surface area contributed by atoms with E-state index in [-0.39, 0.29) is 11.9 Å². The number of rotatable bonds is 9. The zero-order chi connectivity index (χ0) is 32.5. The van der Waals surface area contributed by atoms with E-state index in [1.807, 2.05) is 50.2 Å². The van der Waals surface area contributed by atoms with Gasteiger partial charge < -0.3 is 10.6 Å². The Balaban J connectivity index is 0. The van der Waals surface area contributed by atoms with Gasteiger partial charge in [0.15, 0.2) is 5.78 Å². The Morgan fingerprint density at radius 2 is 1.31 bits per heavy atom. The van der Waals surface area contributed by atoms with Crippen LogP contribution in [0.5, 0.6) is 0 Å². The van der Waals surface area contributed by atoms with Gasteiger partial charge in [0.1, 0.15) is 0 Å². The summed E-state index contributed by atoms with van der Waals surface area (Å²) in [6.07, 6.45) is 3.86. The fourth-order valence-corrected chi connectivity index (χ4v) is 3.97. The van der Waals surface area contributed by atoms with Crippen molar-refractivity contribution in [2.75, 3.05) is 32.4 Å². The van der Waals surface area contributed by atoms with E-state index in [4.69, 9.17) is 15.3 Å². The summed E-state index contributed by atoms with van der Waals surface area (Å²) in [5.41, 5.74) is 10.8. The van der Waals surface area contributed by atoms with Gasteiger partial charge in [0.2, 0.25) is 0 Å². The number of hydrogen-bond acceptors (Lipinski definition) is 6. The van der Waals surface area contributed by atoms with E-state index in [1.54, 1.807) is 6.92 Å². The van der Waals surface area contributed by atoms with Crippen LogP contribution in [0.4, 0.5) is 5.69 Å². The second kappa shape index (κ2) is 25.1. The number of nitrogens with zero attached hydrogens (tertiary/aromatic N) is 2. The topological polar surface area (TPSA) is 92.8 Å². The molecule has 0 aromatic heterocycles. The van der Waals surface area contributed by atoms with Crippen LogP contribution in [0.15, 0.2) is 65.7 Å². The van der Waals surface area contributed by atoms with Crippen molar-refractivity contribution >= 4 is 34.1 Å². The lowest BCUT2D eigenvalue weighted by Gasteiger charge is -2.12. The summed E-state index contributed by atoms with van der Waals surface area (Å²) in [5, 5.41) is 2.46. The number of fused-ring (bicyclic) bond motifs is 1. The van der Waals surface area contributed by atoms with Crippen LogP contribution < -0.4 is 5.73 Å². The molecule has 2 N–H and O–H groups in total. The van der Waals surface area contributed by atoms with Crippen LogP contribution in [-0.4, -0.2) is 49.2 Å². The molecule has 0 saturated heterocycles. The lowest BCUT2D eigenvalue weighted by atomic mass is 9.98. The highest BCUT2D eigenvalue weighted by Crippen LogP contribution is 2.18. The van der Waals surface area contributed by atoms with Gasteiger partial charge in [-0.15, -0.1) is 0 Å². The first-order valence-electron chi connectivity index (χ1n) is 15.1. The summed E-state index contributed by atoms with van der Waals surface area (Å²) in [6.45, 7) is 21.9. The van der Waals surface area contributed by atoms with Crippen molar-refractivity contribution in [3.05, 3.63) is 77.4 Å². The van der Waals surface area contributed by atoms with Gasteiger partial charge in [0, 0.05) is 23.5 Å². The molecule has 3 aromatic carbocycles. The number of nitrogens with two attached hydrogens (primary N) is 1. The van der Waals surface area contributed by atoms with E-state index in [9.17, 15) is 4.79 Å². The molecule has 0 aliphatic heterocycles. The van der Waals surface area contributed by atoms with Crippen molar-refractivity contribution in [3.63, 3.8) is 0 Å². The second-order valence-corrected chi connectivity index (χ2v) is 10.1. The molecule has 0 spiro atoms. The van der Waals surface area contributed by atoms with Gasteiger partial charge in [-0.1, -0.05) is 103 Å².